The Hall–Kier alpha value is -1.85. The second kappa shape index (κ2) is 6.22. The molecule has 1 N–H and O–H groups in total. The Bertz CT molecular complexity index is 769. The van der Waals surface area contributed by atoms with Gasteiger partial charge in [-0.25, -0.2) is 0 Å². The molecule has 0 bridgehead atoms. The first-order valence-corrected chi connectivity index (χ1v) is 9.75. The molecule has 1 saturated carbocycles. The van der Waals surface area contributed by atoms with Crippen LogP contribution in [0.15, 0.2) is 47.4 Å². The number of fused-ring (bicyclic) bond motifs is 1. The van der Waals surface area contributed by atoms with E-state index in [2.05, 4.69) is 17.4 Å². The molecular weight excluding hydrogens is 322 g/mol. The average molecular weight is 343 g/mol. The summed E-state index contributed by atoms with van der Waals surface area (Å²) in [6, 6.07) is 14.3. The van der Waals surface area contributed by atoms with E-state index in [1.807, 2.05) is 30.3 Å². The van der Waals surface area contributed by atoms with Crippen LogP contribution in [0.3, 0.4) is 0 Å². The van der Waals surface area contributed by atoms with Gasteiger partial charge in [0.2, 0.25) is 6.79 Å². The molecule has 0 spiro atoms. The average Bonchev–Trinajstić information content (AvgIpc) is 3.23. The van der Waals surface area contributed by atoms with Gasteiger partial charge in [0.1, 0.15) is 0 Å². The SMILES string of the molecule is CS(=O)c1ccc(CNCC2(c3ccc4c(c3)OCO4)CC2)cc1. The highest BCUT2D eigenvalue weighted by Gasteiger charge is 2.44. The topological polar surface area (TPSA) is 47.6 Å². The van der Waals surface area contributed by atoms with Crippen molar-refractivity contribution in [3.63, 3.8) is 0 Å². The van der Waals surface area contributed by atoms with Crippen molar-refractivity contribution in [1.82, 2.24) is 5.32 Å². The van der Waals surface area contributed by atoms with Gasteiger partial charge in [-0.3, -0.25) is 4.21 Å². The first kappa shape index (κ1) is 15.7. The molecule has 4 rings (SSSR count). The summed E-state index contributed by atoms with van der Waals surface area (Å²) in [6.45, 7) is 2.10. The fourth-order valence-electron chi connectivity index (χ4n) is 3.19. The van der Waals surface area contributed by atoms with E-state index in [1.54, 1.807) is 6.26 Å². The van der Waals surface area contributed by atoms with Gasteiger partial charge in [0.25, 0.3) is 0 Å². The summed E-state index contributed by atoms with van der Waals surface area (Å²) in [6.07, 6.45) is 4.11. The summed E-state index contributed by atoms with van der Waals surface area (Å²) in [4.78, 5) is 0.873. The molecule has 126 valence electrons. The van der Waals surface area contributed by atoms with Crippen LogP contribution >= 0.6 is 0 Å². The van der Waals surface area contributed by atoms with E-state index in [4.69, 9.17) is 9.47 Å². The molecule has 2 aromatic rings. The Morgan fingerprint density at radius 3 is 2.54 bits per heavy atom. The van der Waals surface area contributed by atoms with Gasteiger partial charge in [0, 0.05) is 40.5 Å². The minimum Gasteiger partial charge on any atom is -0.454 e. The fraction of sp³-hybridized carbons (Fsp3) is 0.368. The van der Waals surface area contributed by atoms with Crippen LogP contribution in [0.25, 0.3) is 0 Å². The van der Waals surface area contributed by atoms with Gasteiger partial charge >= 0.3 is 0 Å². The minimum atomic E-state index is -0.915. The van der Waals surface area contributed by atoms with E-state index in [9.17, 15) is 4.21 Å². The number of nitrogens with one attached hydrogen (secondary N) is 1. The van der Waals surface area contributed by atoms with Crippen LogP contribution in [0.2, 0.25) is 0 Å². The van der Waals surface area contributed by atoms with Crippen molar-refractivity contribution in [2.75, 3.05) is 19.6 Å². The van der Waals surface area contributed by atoms with Crippen molar-refractivity contribution in [2.24, 2.45) is 0 Å². The first-order valence-electron chi connectivity index (χ1n) is 8.20. The summed E-state index contributed by atoms with van der Waals surface area (Å²) < 4.78 is 22.3. The number of hydrogen-bond acceptors (Lipinski definition) is 4. The maximum absolute atomic E-state index is 11.4. The lowest BCUT2D eigenvalue weighted by atomic mass is 9.95. The van der Waals surface area contributed by atoms with Crippen LogP contribution in [0, 0.1) is 0 Å². The monoisotopic (exact) mass is 343 g/mol. The highest BCUT2D eigenvalue weighted by Crippen LogP contribution is 2.49. The molecule has 1 fully saturated rings. The second-order valence-electron chi connectivity index (χ2n) is 6.55. The molecule has 1 aliphatic carbocycles. The Morgan fingerprint density at radius 1 is 1.08 bits per heavy atom. The third-order valence-electron chi connectivity index (χ3n) is 4.89. The maximum Gasteiger partial charge on any atom is 0.231 e. The zero-order chi connectivity index (χ0) is 16.6. The molecule has 5 heteroatoms. The molecule has 0 saturated heterocycles. The summed E-state index contributed by atoms with van der Waals surface area (Å²) in [7, 11) is -0.915. The predicted molar refractivity (Wildman–Crippen MR) is 94.0 cm³/mol. The van der Waals surface area contributed by atoms with Crippen molar-refractivity contribution in [3.8, 4) is 11.5 Å². The van der Waals surface area contributed by atoms with Gasteiger partial charge in [-0.15, -0.1) is 0 Å². The summed E-state index contributed by atoms with van der Waals surface area (Å²) in [5.74, 6) is 1.71. The van der Waals surface area contributed by atoms with Crippen LogP contribution in [0.1, 0.15) is 24.0 Å². The van der Waals surface area contributed by atoms with Crippen LogP contribution in [0.4, 0.5) is 0 Å². The van der Waals surface area contributed by atoms with Gasteiger partial charge in [-0.05, 0) is 48.2 Å². The van der Waals surface area contributed by atoms with E-state index < -0.39 is 10.8 Å². The molecule has 4 nitrogen and oxygen atoms in total. The quantitative estimate of drug-likeness (QED) is 0.876. The van der Waals surface area contributed by atoms with Crippen molar-refractivity contribution >= 4 is 10.8 Å². The number of ether oxygens (including phenoxy) is 2. The molecular formula is C19H21NO3S. The molecule has 0 amide bonds. The molecule has 0 aromatic heterocycles. The molecule has 0 radical (unpaired) electrons. The molecule has 1 unspecified atom stereocenters. The van der Waals surface area contributed by atoms with E-state index in [0.29, 0.717) is 6.79 Å². The second-order valence-corrected chi connectivity index (χ2v) is 7.93. The normalized spacial score (nSPS) is 18.4. The largest absolute Gasteiger partial charge is 0.454 e. The summed E-state index contributed by atoms with van der Waals surface area (Å²) in [5.41, 5.74) is 2.77. The smallest absolute Gasteiger partial charge is 0.231 e. The summed E-state index contributed by atoms with van der Waals surface area (Å²) in [5, 5.41) is 3.57. The Labute approximate surface area is 144 Å². The van der Waals surface area contributed by atoms with E-state index in [-0.39, 0.29) is 5.41 Å². The van der Waals surface area contributed by atoms with Gasteiger partial charge in [-0.1, -0.05) is 18.2 Å². The van der Waals surface area contributed by atoms with Gasteiger partial charge in [0.05, 0.1) is 0 Å². The Morgan fingerprint density at radius 2 is 1.83 bits per heavy atom. The van der Waals surface area contributed by atoms with Crippen molar-refractivity contribution < 1.29 is 13.7 Å². The number of rotatable bonds is 6. The lowest BCUT2D eigenvalue weighted by Crippen LogP contribution is -2.26. The van der Waals surface area contributed by atoms with Crippen molar-refractivity contribution in [3.05, 3.63) is 53.6 Å². The maximum atomic E-state index is 11.4. The molecule has 1 aliphatic heterocycles. The Balaban J connectivity index is 1.38. The standard InChI is InChI=1S/C19H21NO3S/c1-24(21)16-5-2-14(3-6-16)11-20-12-19(8-9-19)15-4-7-17-18(10-15)23-13-22-17/h2-7,10,20H,8-9,11-13H2,1H3. The highest BCUT2D eigenvalue weighted by molar-refractivity contribution is 7.84. The van der Waals surface area contributed by atoms with Gasteiger partial charge in [0.15, 0.2) is 11.5 Å². The van der Waals surface area contributed by atoms with Gasteiger partial charge < -0.3 is 14.8 Å². The van der Waals surface area contributed by atoms with Crippen molar-refractivity contribution in [2.45, 2.75) is 29.7 Å². The Kier molecular flexibility index (Phi) is 4.06. The third-order valence-corrected chi connectivity index (χ3v) is 5.82. The van der Waals surface area contributed by atoms with Crippen LogP contribution in [0.5, 0.6) is 11.5 Å². The third kappa shape index (κ3) is 3.06. The highest BCUT2D eigenvalue weighted by atomic mass is 32.2. The van der Waals surface area contributed by atoms with E-state index >= 15 is 0 Å². The zero-order valence-corrected chi connectivity index (χ0v) is 14.5. The molecule has 2 aliphatic rings. The predicted octanol–water partition coefficient (Wildman–Crippen LogP) is 2.97. The zero-order valence-electron chi connectivity index (χ0n) is 13.7. The van der Waals surface area contributed by atoms with Crippen LogP contribution < -0.4 is 14.8 Å². The number of hydrogen-bond donors (Lipinski definition) is 1. The van der Waals surface area contributed by atoms with E-state index in [0.717, 1.165) is 29.5 Å². The molecule has 1 heterocycles. The number of benzene rings is 2. The lowest BCUT2D eigenvalue weighted by Gasteiger charge is -2.17. The van der Waals surface area contributed by atoms with Crippen molar-refractivity contribution in [1.29, 1.82) is 0 Å². The van der Waals surface area contributed by atoms with Crippen LogP contribution in [-0.2, 0) is 22.8 Å². The van der Waals surface area contributed by atoms with Crippen LogP contribution in [-0.4, -0.2) is 23.8 Å². The molecule has 2 aromatic carbocycles. The van der Waals surface area contributed by atoms with Gasteiger partial charge in [-0.2, -0.15) is 0 Å². The fourth-order valence-corrected chi connectivity index (χ4v) is 3.71. The molecule has 1 atom stereocenters. The van der Waals surface area contributed by atoms with E-state index in [1.165, 1.54) is 24.0 Å². The first-order chi connectivity index (χ1) is 11.7. The minimum absolute atomic E-state index is 0.228. The lowest BCUT2D eigenvalue weighted by molar-refractivity contribution is 0.174. The molecule has 24 heavy (non-hydrogen) atoms. The summed E-state index contributed by atoms with van der Waals surface area (Å²) >= 11 is 0.